The summed E-state index contributed by atoms with van der Waals surface area (Å²) >= 11 is 0. The Labute approximate surface area is 130 Å². The fourth-order valence-electron chi connectivity index (χ4n) is 2.22. The zero-order chi connectivity index (χ0) is 15.8. The highest BCUT2D eigenvalue weighted by Crippen LogP contribution is 2.05. The molecule has 1 heterocycles. The van der Waals surface area contributed by atoms with Crippen molar-refractivity contribution in [3.8, 4) is 0 Å². The van der Waals surface area contributed by atoms with Crippen molar-refractivity contribution < 1.29 is 14.2 Å². The summed E-state index contributed by atoms with van der Waals surface area (Å²) < 4.78 is 1.72. The van der Waals surface area contributed by atoms with Gasteiger partial charge >= 0.3 is 0 Å². The Balaban J connectivity index is 2.02. The highest BCUT2D eigenvalue weighted by molar-refractivity contribution is 5.95. The highest BCUT2D eigenvalue weighted by atomic mass is 16.1. The zero-order valence-electron chi connectivity index (χ0n) is 12.9. The number of carbonyl (C=O) groups is 2. The number of ketones is 2. The normalized spacial score (nSPS) is 10.4. The third kappa shape index (κ3) is 4.58. The predicted octanol–water partition coefficient (Wildman–Crippen LogP) is 3.02. The first kappa shape index (κ1) is 16.0. The lowest BCUT2D eigenvalue weighted by Gasteiger charge is -2.01. The van der Waals surface area contributed by atoms with Crippen molar-refractivity contribution >= 4 is 11.6 Å². The van der Waals surface area contributed by atoms with E-state index in [-0.39, 0.29) is 18.1 Å². The van der Waals surface area contributed by atoms with Gasteiger partial charge in [-0.3, -0.25) is 9.59 Å². The minimum absolute atomic E-state index is 0.0150. The predicted molar refractivity (Wildman–Crippen MR) is 83.7 cm³/mol. The molecule has 114 valence electrons. The van der Waals surface area contributed by atoms with Crippen LogP contribution >= 0.6 is 0 Å². The van der Waals surface area contributed by atoms with E-state index in [0.717, 1.165) is 19.3 Å². The molecule has 0 aliphatic heterocycles. The molecule has 2 rings (SSSR count). The molecule has 1 aromatic heterocycles. The van der Waals surface area contributed by atoms with Crippen LogP contribution in [0, 0.1) is 0 Å². The number of nitrogens with zero attached hydrogens (tertiary/aromatic N) is 2. The van der Waals surface area contributed by atoms with Crippen molar-refractivity contribution in [2.24, 2.45) is 0 Å². The van der Waals surface area contributed by atoms with E-state index in [4.69, 9.17) is 0 Å². The lowest BCUT2D eigenvalue weighted by Crippen LogP contribution is -2.38. The van der Waals surface area contributed by atoms with Gasteiger partial charge in [0.25, 0.3) is 0 Å². The van der Waals surface area contributed by atoms with Crippen LogP contribution in [0.2, 0.25) is 0 Å². The number of benzene rings is 1. The van der Waals surface area contributed by atoms with Crippen molar-refractivity contribution in [1.82, 2.24) is 4.98 Å². The van der Waals surface area contributed by atoms with Gasteiger partial charge in [0.15, 0.2) is 23.9 Å². The molecule has 0 aliphatic rings. The third-order valence-electron chi connectivity index (χ3n) is 3.47. The Morgan fingerprint density at radius 1 is 1.09 bits per heavy atom. The summed E-state index contributed by atoms with van der Waals surface area (Å²) in [5, 5.41) is 0. The second-order valence-electron chi connectivity index (χ2n) is 5.28. The number of hydrogen-bond donors (Lipinski definition) is 0. The van der Waals surface area contributed by atoms with Crippen LogP contribution < -0.4 is 4.57 Å². The fraction of sp³-hybridized carbons (Fsp3) is 0.333. The van der Waals surface area contributed by atoms with Crippen LogP contribution in [0.15, 0.2) is 48.9 Å². The van der Waals surface area contributed by atoms with Gasteiger partial charge in [-0.2, -0.15) is 4.57 Å². The molecule has 0 spiro atoms. The standard InChI is InChI=1S/C18H21N2O2/c1-2-3-5-10-17(21)16-13-20(12-11-19-16)14-18(22)15-8-6-4-7-9-15/h4,6-9,11-13H,2-3,5,10,14H2,1H3/q+1. The number of unbranched alkanes of at least 4 members (excludes halogenated alkanes) is 2. The summed E-state index contributed by atoms with van der Waals surface area (Å²) in [5.74, 6) is 0.0520. The molecule has 0 amide bonds. The van der Waals surface area contributed by atoms with Gasteiger partial charge in [-0.05, 0) is 6.42 Å². The SMILES string of the molecule is CCCCCC(=O)c1c[n+](CC(=O)c2ccccc2)ccn1. The molecule has 0 atom stereocenters. The smallest absolute Gasteiger partial charge is 0.227 e. The molecule has 4 heteroatoms. The fourth-order valence-corrected chi connectivity index (χ4v) is 2.22. The molecule has 0 saturated carbocycles. The molecule has 0 unspecified atom stereocenters. The van der Waals surface area contributed by atoms with E-state index < -0.39 is 0 Å². The number of hydrogen-bond acceptors (Lipinski definition) is 3. The summed E-state index contributed by atoms with van der Waals surface area (Å²) in [4.78, 5) is 28.4. The average Bonchev–Trinajstić information content (AvgIpc) is 2.56. The number of carbonyl (C=O) groups excluding carboxylic acids is 2. The van der Waals surface area contributed by atoms with Crippen molar-refractivity contribution in [2.75, 3.05) is 0 Å². The zero-order valence-corrected chi connectivity index (χ0v) is 12.9. The Morgan fingerprint density at radius 3 is 2.59 bits per heavy atom. The van der Waals surface area contributed by atoms with E-state index >= 15 is 0 Å². The van der Waals surface area contributed by atoms with Crippen LogP contribution in [0.4, 0.5) is 0 Å². The second-order valence-corrected chi connectivity index (χ2v) is 5.28. The highest BCUT2D eigenvalue weighted by Gasteiger charge is 2.15. The summed E-state index contributed by atoms with van der Waals surface area (Å²) in [5.41, 5.74) is 1.10. The number of Topliss-reactive ketones (excluding diaryl/α,β-unsaturated/α-hetero) is 2. The Hall–Kier alpha value is -2.36. The Bertz CT molecular complexity index is 639. The number of aromatic nitrogens is 2. The van der Waals surface area contributed by atoms with Gasteiger partial charge in [-0.25, -0.2) is 4.98 Å². The number of rotatable bonds is 8. The van der Waals surface area contributed by atoms with Crippen molar-refractivity contribution in [2.45, 2.75) is 39.2 Å². The summed E-state index contributed by atoms with van der Waals surface area (Å²) in [7, 11) is 0. The molecule has 22 heavy (non-hydrogen) atoms. The molecular weight excluding hydrogens is 276 g/mol. The van der Waals surface area contributed by atoms with Gasteiger partial charge < -0.3 is 0 Å². The third-order valence-corrected chi connectivity index (χ3v) is 3.47. The van der Waals surface area contributed by atoms with Crippen LogP contribution in [-0.2, 0) is 6.54 Å². The van der Waals surface area contributed by atoms with E-state index in [1.54, 1.807) is 35.3 Å². The van der Waals surface area contributed by atoms with Gasteiger partial charge in [-0.15, -0.1) is 0 Å². The van der Waals surface area contributed by atoms with Crippen LogP contribution in [0.3, 0.4) is 0 Å². The van der Waals surface area contributed by atoms with Gasteiger partial charge in [-0.1, -0.05) is 50.1 Å². The van der Waals surface area contributed by atoms with Crippen molar-refractivity contribution in [3.05, 3.63) is 60.2 Å². The first-order valence-electron chi connectivity index (χ1n) is 7.67. The maximum Gasteiger partial charge on any atom is 0.227 e. The first-order chi connectivity index (χ1) is 10.7. The van der Waals surface area contributed by atoms with Crippen molar-refractivity contribution in [3.63, 3.8) is 0 Å². The Morgan fingerprint density at radius 2 is 1.86 bits per heavy atom. The largest absolute Gasteiger partial charge is 0.292 e. The van der Waals surface area contributed by atoms with Crippen LogP contribution in [0.25, 0.3) is 0 Å². The summed E-state index contributed by atoms with van der Waals surface area (Å²) in [6.07, 6.45) is 8.47. The maximum atomic E-state index is 12.2. The van der Waals surface area contributed by atoms with Gasteiger partial charge in [0.1, 0.15) is 0 Å². The molecule has 1 aromatic carbocycles. The van der Waals surface area contributed by atoms with E-state index in [0.29, 0.717) is 17.7 Å². The summed E-state index contributed by atoms with van der Waals surface area (Å²) in [6, 6.07) is 9.14. The Kier molecular flexibility index (Phi) is 5.95. The molecule has 4 nitrogen and oxygen atoms in total. The topological polar surface area (TPSA) is 50.9 Å². The minimum atomic E-state index is 0.0150. The molecule has 0 bridgehead atoms. The van der Waals surface area contributed by atoms with Crippen LogP contribution in [0.5, 0.6) is 0 Å². The molecule has 2 aromatic rings. The molecule has 0 aliphatic carbocycles. The molecular formula is C18H21N2O2+. The van der Waals surface area contributed by atoms with Crippen LogP contribution in [-0.4, -0.2) is 16.6 Å². The molecule has 0 radical (unpaired) electrons. The van der Waals surface area contributed by atoms with E-state index in [9.17, 15) is 9.59 Å². The van der Waals surface area contributed by atoms with E-state index in [1.807, 2.05) is 18.2 Å². The van der Waals surface area contributed by atoms with E-state index in [1.165, 1.54) is 0 Å². The van der Waals surface area contributed by atoms with Gasteiger partial charge in [0.2, 0.25) is 12.3 Å². The van der Waals surface area contributed by atoms with E-state index in [2.05, 4.69) is 11.9 Å². The molecule has 0 N–H and O–H groups in total. The second kappa shape index (κ2) is 8.17. The quantitative estimate of drug-likeness (QED) is 0.427. The summed E-state index contributed by atoms with van der Waals surface area (Å²) in [6.45, 7) is 2.32. The van der Waals surface area contributed by atoms with Gasteiger partial charge in [0.05, 0.1) is 6.20 Å². The van der Waals surface area contributed by atoms with Crippen LogP contribution in [0.1, 0.15) is 53.5 Å². The van der Waals surface area contributed by atoms with Crippen molar-refractivity contribution in [1.29, 1.82) is 0 Å². The molecule has 0 fully saturated rings. The molecule has 0 saturated heterocycles. The average molecular weight is 297 g/mol. The lowest BCUT2D eigenvalue weighted by molar-refractivity contribution is -0.683. The maximum absolute atomic E-state index is 12.2. The monoisotopic (exact) mass is 297 g/mol. The minimum Gasteiger partial charge on any atom is -0.292 e. The van der Waals surface area contributed by atoms with Gasteiger partial charge in [0, 0.05) is 12.0 Å². The lowest BCUT2D eigenvalue weighted by atomic mass is 10.1. The first-order valence-corrected chi connectivity index (χ1v) is 7.67.